The number of benzene rings is 2. The van der Waals surface area contributed by atoms with Crippen molar-refractivity contribution in [3.63, 3.8) is 0 Å². The zero-order valence-corrected chi connectivity index (χ0v) is 15.1. The summed E-state index contributed by atoms with van der Waals surface area (Å²) in [5.74, 6) is 0.776. The van der Waals surface area contributed by atoms with E-state index in [1.165, 1.54) is 24.7 Å². The first-order chi connectivity index (χ1) is 11.4. The highest BCUT2D eigenvalue weighted by molar-refractivity contribution is 7.90. The normalized spacial score (nSPS) is 21.1. The van der Waals surface area contributed by atoms with E-state index in [0.29, 0.717) is 10.9 Å². The summed E-state index contributed by atoms with van der Waals surface area (Å²) in [5.41, 5.74) is 3.51. The van der Waals surface area contributed by atoms with Gasteiger partial charge in [0.15, 0.2) is 9.84 Å². The highest BCUT2D eigenvalue weighted by atomic mass is 32.2. The lowest BCUT2D eigenvalue weighted by molar-refractivity contribution is 0.453. The molecule has 3 nitrogen and oxygen atoms in total. The van der Waals surface area contributed by atoms with Crippen molar-refractivity contribution in [3.8, 4) is 11.1 Å². The average Bonchev–Trinajstić information content (AvgIpc) is 2.98. The zero-order chi connectivity index (χ0) is 17.2. The molecule has 0 spiro atoms. The standard InChI is InChI=1S/C20H25NO2S/c1-15-13-14-21-20(15)12-5-16-3-6-17(7-4-16)18-8-10-19(11-9-18)24(2,22)23/h3-4,6-11,15,20-21H,5,12-14H2,1-2H3. The summed E-state index contributed by atoms with van der Waals surface area (Å²) in [5, 5.41) is 3.58. The number of hydrogen-bond acceptors (Lipinski definition) is 3. The number of sulfone groups is 1. The summed E-state index contributed by atoms with van der Waals surface area (Å²) >= 11 is 0. The predicted molar refractivity (Wildman–Crippen MR) is 98.9 cm³/mol. The van der Waals surface area contributed by atoms with Gasteiger partial charge in [-0.25, -0.2) is 8.42 Å². The highest BCUT2D eigenvalue weighted by Crippen LogP contribution is 2.23. The topological polar surface area (TPSA) is 46.2 Å². The third-order valence-corrected chi connectivity index (χ3v) is 6.14. The van der Waals surface area contributed by atoms with E-state index in [-0.39, 0.29) is 0 Å². The summed E-state index contributed by atoms with van der Waals surface area (Å²) < 4.78 is 23.0. The fourth-order valence-corrected chi connectivity index (χ4v) is 4.00. The quantitative estimate of drug-likeness (QED) is 0.901. The van der Waals surface area contributed by atoms with Gasteiger partial charge in [0, 0.05) is 12.3 Å². The van der Waals surface area contributed by atoms with E-state index in [1.807, 2.05) is 12.1 Å². The van der Waals surface area contributed by atoms with Crippen molar-refractivity contribution in [1.29, 1.82) is 0 Å². The maximum atomic E-state index is 11.5. The Hall–Kier alpha value is -1.65. The Bertz CT molecular complexity index is 779. The Morgan fingerprint density at radius 2 is 1.58 bits per heavy atom. The minimum Gasteiger partial charge on any atom is -0.314 e. The second kappa shape index (κ2) is 7.08. The van der Waals surface area contributed by atoms with Gasteiger partial charge in [-0.1, -0.05) is 43.3 Å². The van der Waals surface area contributed by atoms with Crippen molar-refractivity contribution in [2.24, 2.45) is 5.92 Å². The molecule has 1 fully saturated rings. The number of hydrogen-bond donors (Lipinski definition) is 1. The van der Waals surface area contributed by atoms with Gasteiger partial charge in [-0.05, 0) is 60.5 Å². The fraction of sp³-hybridized carbons (Fsp3) is 0.400. The first-order valence-electron chi connectivity index (χ1n) is 8.56. The molecule has 0 saturated carbocycles. The van der Waals surface area contributed by atoms with E-state index in [9.17, 15) is 8.42 Å². The molecule has 0 radical (unpaired) electrons. The zero-order valence-electron chi connectivity index (χ0n) is 14.3. The lowest BCUT2D eigenvalue weighted by Crippen LogP contribution is -2.26. The Labute approximate surface area is 145 Å². The second-order valence-corrected chi connectivity index (χ2v) is 8.87. The van der Waals surface area contributed by atoms with Crippen LogP contribution in [-0.2, 0) is 16.3 Å². The molecule has 2 unspecified atom stereocenters. The van der Waals surface area contributed by atoms with Crippen LogP contribution in [0.4, 0.5) is 0 Å². The van der Waals surface area contributed by atoms with Crippen molar-refractivity contribution in [1.82, 2.24) is 5.32 Å². The van der Waals surface area contributed by atoms with Crippen molar-refractivity contribution in [2.75, 3.05) is 12.8 Å². The second-order valence-electron chi connectivity index (χ2n) is 6.86. The van der Waals surface area contributed by atoms with Crippen LogP contribution in [0, 0.1) is 5.92 Å². The van der Waals surface area contributed by atoms with Crippen LogP contribution < -0.4 is 5.32 Å². The molecule has 2 aromatic carbocycles. The molecule has 2 atom stereocenters. The molecule has 0 aromatic heterocycles. The third-order valence-electron chi connectivity index (χ3n) is 5.01. The van der Waals surface area contributed by atoms with E-state index in [1.54, 1.807) is 12.1 Å². The van der Waals surface area contributed by atoms with E-state index >= 15 is 0 Å². The van der Waals surface area contributed by atoms with Gasteiger partial charge in [-0.15, -0.1) is 0 Å². The smallest absolute Gasteiger partial charge is 0.175 e. The first-order valence-corrected chi connectivity index (χ1v) is 10.5. The van der Waals surface area contributed by atoms with Gasteiger partial charge >= 0.3 is 0 Å². The molecule has 0 aliphatic carbocycles. The van der Waals surface area contributed by atoms with Gasteiger partial charge in [0.2, 0.25) is 0 Å². The monoisotopic (exact) mass is 343 g/mol. The lowest BCUT2D eigenvalue weighted by atomic mass is 9.96. The molecular weight excluding hydrogens is 318 g/mol. The summed E-state index contributed by atoms with van der Waals surface area (Å²) in [7, 11) is -3.13. The molecular formula is C20H25NO2S. The molecule has 1 aliphatic rings. The Morgan fingerprint density at radius 1 is 1.00 bits per heavy atom. The third kappa shape index (κ3) is 4.05. The van der Waals surface area contributed by atoms with Gasteiger partial charge in [-0.3, -0.25) is 0 Å². The minimum absolute atomic E-state index is 0.362. The Balaban J connectivity index is 1.65. The van der Waals surface area contributed by atoms with Crippen molar-refractivity contribution >= 4 is 9.84 Å². The van der Waals surface area contributed by atoms with Crippen molar-refractivity contribution in [2.45, 2.75) is 37.1 Å². The van der Waals surface area contributed by atoms with Crippen LogP contribution in [-0.4, -0.2) is 27.3 Å². The fourth-order valence-electron chi connectivity index (χ4n) is 3.37. The predicted octanol–water partition coefficient (Wildman–Crippen LogP) is 3.69. The van der Waals surface area contributed by atoms with Crippen molar-refractivity contribution in [3.05, 3.63) is 54.1 Å². The number of nitrogens with one attached hydrogen (secondary N) is 1. The van der Waals surface area contributed by atoms with Gasteiger partial charge < -0.3 is 5.32 Å². The van der Waals surface area contributed by atoms with Gasteiger partial charge in [0.1, 0.15) is 0 Å². The SMILES string of the molecule is CC1CCNC1CCc1ccc(-c2ccc(S(C)(=O)=O)cc2)cc1. The van der Waals surface area contributed by atoms with Crippen LogP contribution >= 0.6 is 0 Å². The van der Waals surface area contributed by atoms with Crippen LogP contribution in [0.25, 0.3) is 11.1 Å². The van der Waals surface area contributed by atoms with Crippen LogP contribution in [0.2, 0.25) is 0 Å². The number of aryl methyl sites for hydroxylation is 1. The van der Waals surface area contributed by atoms with E-state index in [0.717, 1.165) is 30.0 Å². The molecule has 1 aliphatic heterocycles. The molecule has 0 amide bonds. The Morgan fingerprint density at radius 3 is 2.08 bits per heavy atom. The van der Waals surface area contributed by atoms with Gasteiger partial charge in [0.05, 0.1) is 4.90 Å². The molecule has 4 heteroatoms. The van der Waals surface area contributed by atoms with Crippen LogP contribution in [0.1, 0.15) is 25.3 Å². The van der Waals surface area contributed by atoms with E-state index in [4.69, 9.17) is 0 Å². The molecule has 1 N–H and O–H groups in total. The molecule has 128 valence electrons. The average molecular weight is 343 g/mol. The minimum atomic E-state index is -3.13. The maximum absolute atomic E-state index is 11.5. The van der Waals surface area contributed by atoms with Crippen LogP contribution in [0.5, 0.6) is 0 Å². The summed E-state index contributed by atoms with van der Waals surface area (Å²) in [6.07, 6.45) is 4.79. The first kappa shape index (κ1) is 17.2. The Kier molecular flexibility index (Phi) is 5.07. The molecule has 1 heterocycles. The van der Waals surface area contributed by atoms with E-state index < -0.39 is 9.84 Å². The molecule has 24 heavy (non-hydrogen) atoms. The maximum Gasteiger partial charge on any atom is 0.175 e. The van der Waals surface area contributed by atoms with Crippen molar-refractivity contribution < 1.29 is 8.42 Å². The molecule has 1 saturated heterocycles. The summed E-state index contributed by atoms with van der Waals surface area (Å²) in [4.78, 5) is 0.362. The largest absolute Gasteiger partial charge is 0.314 e. The highest BCUT2D eigenvalue weighted by Gasteiger charge is 2.21. The number of rotatable bonds is 5. The molecule has 3 rings (SSSR count). The summed E-state index contributed by atoms with van der Waals surface area (Å²) in [6.45, 7) is 3.47. The van der Waals surface area contributed by atoms with Gasteiger partial charge in [0.25, 0.3) is 0 Å². The lowest BCUT2D eigenvalue weighted by Gasteiger charge is -2.15. The van der Waals surface area contributed by atoms with Crippen LogP contribution in [0.15, 0.2) is 53.4 Å². The van der Waals surface area contributed by atoms with E-state index in [2.05, 4.69) is 36.5 Å². The molecule has 0 bridgehead atoms. The molecule has 2 aromatic rings. The van der Waals surface area contributed by atoms with Crippen LogP contribution in [0.3, 0.4) is 0 Å². The van der Waals surface area contributed by atoms with Gasteiger partial charge in [-0.2, -0.15) is 0 Å². The summed E-state index contributed by atoms with van der Waals surface area (Å²) in [6, 6.07) is 16.3.